The molecular formula is C36H30N3NaO5. The number of fused-ring (bicyclic) bond motifs is 2. The van der Waals surface area contributed by atoms with E-state index in [1.54, 1.807) is 0 Å². The van der Waals surface area contributed by atoms with Crippen LogP contribution < -0.4 is 39.0 Å². The molecule has 2 heterocycles. The number of carbonyl (C=O) groups is 1. The van der Waals surface area contributed by atoms with Crippen molar-refractivity contribution in [2.45, 2.75) is 19.1 Å². The van der Waals surface area contributed by atoms with Gasteiger partial charge < -0.3 is 20.8 Å². The first-order valence-corrected chi connectivity index (χ1v) is 14.1. The summed E-state index contributed by atoms with van der Waals surface area (Å²) in [6, 6.07) is 39.4. The fourth-order valence-electron chi connectivity index (χ4n) is 4.87. The predicted octanol–water partition coefficient (Wildman–Crippen LogP) is 4.28. The summed E-state index contributed by atoms with van der Waals surface area (Å²) in [5, 5.41) is 14.6. The van der Waals surface area contributed by atoms with Gasteiger partial charge in [-0.05, 0) is 59.7 Å². The molecule has 6 rings (SSSR count). The minimum Gasteiger partial charge on any atom is -1.00 e. The van der Waals surface area contributed by atoms with Crippen LogP contribution >= 0.6 is 0 Å². The average Bonchev–Trinajstić information content (AvgIpc) is 3.07. The molecule has 0 atom stereocenters. The number of aromatic nitrogens is 2. The number of hydrogen-bond acceptors (Lipinski definition) is 7. The first-order chi connectivity index (χ1) is 21.6. The first-order valence-electron chi connectivity index (χ1n) is 14.1. The zero-order chi connectivity index (χ0) is 30.1. The molecular weight excluding hydrogens is 577 g/mol. The fraction of sp³-hybridized carbons (Fsp3) is 0.111. The van der Waals surface area contributed by atoms with Crippen molar-refractivity contribution in [3.63, 3.8) is 0 Å². The Hall–Kier alpha value is -4.76. The number of aliphatic carboxylic acids is 1. The summed E-state index contributed by atoms with van der Waals surface area (Å²) >= 11 is 0. The Labute approximate surface area is 284 Å². The Morgan fingerprint density at radius 2 is 1.16 bits per heavy atom. The Balaban J connectivity index is 0.00000240. The van der Waals surface area contributed by atoms with E-state index in [2.05, 4.69) is 15.1 Å². The molecule has 0 aliphatic carbocycles. The molecule has 45 heavy (non-hydrogen) atoms. The van der Waals surface area contributed by atoms with E-state index in [4.69, 9.17) is 19.4 Å². The molecule has 0 bridgehead atoms. The van der Waals surface area contributed by atoms with Crippen molar-refractivity contribution in [1.29, 1.82) is 0 Å². The zero-order valence-corrected chi connectivity index (χ0v) is 26.7. The molecule has 0 unspecified atom stereocenters. The summed E-state index contributed by atoms with van der Waals surface area (Å²) in [5.41, 5.74) is 5.46. The van der Waals surface area contributed by atoms with E-state index < -0.39 is 5.97 Å². The maximum absolute atomic E-state index is 10.8. The van der Waals surface area contributed by atoms with Gasteiger partial charge in [-0.3, -0.25) is 0 Å². The van der Waals surface area contributed by atoms with Crippen LogP contribution in [0, 0.1) is 0 Å². The molecule has 8 nitrogen and oxygen atoms in total. The number of rotatable bonds is 12. The number of carboxylic acid groups (broad SMARTS) is 1. The Morgan fingerprint density at radius 3 is 1.62 bits per heavy atom. The largest absolute Gasteiger partial charge is 1.00 e. The van der Waals surface area contributed by atoms with Gasteiger partial charge in [0.15, 0.2) is 6.21 Å². The van der Waals surface area contributed by atoms with Gasteiger partial charge in [-0.2, -0.15) is 0 Å². The third-order valence-electron chi connectivity index (χ3n) is 7.13. The molecule has 9 heteroatoms. The van der Waals surface area contributed by atoms with Crippen molar-refractivity contribution in [2.24, 2.45) is 5.16 Å². The smallest absolute Gasteiger partial charge is 1.00 e. The molecule has 0 amide bonds. The Morgan fingerprint density at radius 1 is 0.689 bits per heavy atom. The Bertz CT molecular complexity index is 1790. The maximum Gasteiger partial charge on any atom is 1.00 e. The van der Waals surface area contributed by atoms with E-state index >= 15 is 0 Å². The summed E-state index contributed by atoms with van der Waals surface area (Å²) in [7, 11) is 0. The van der Waals surface area contributed by atoms with E-state index in [0.717, 1.165) is 50.5 Å². The third kappa shape index (κ3) is 8.45. The number of nitrogens with zero attached hydrogens (tertiary/aromatic N) is 3. The number of carboxylic acids is 1. The number of hydrogen-bond donors (Lipinski definition) is 1. The van der Waals surface area contributed by atoms with Crippen molar-refractivity contribution in [3.8, 4) is 11.5 Å². The van der Waals surface area contributed by atoms with Crippen molar-refractivity contribution < 1.29 is 55.2 Å². The van der Waals surface area contributed by atoms with E-state index in [1.165, 1.54) is 0 Å². The van der Waals surface area contributed by atoms with Crippen LogP contribution in [-0.2, 0) is 22.8 Å². The first kappa shape index (κ1) is 31.7. The van der Waals surface area contributed by atoms with Crippen LogP contribution in [0.1, 0.15) is 29.9 Å². The number of ether oxygens (including phenoxy) is 2. The number of pyridine rings is 2. The van der Waals surface area contributed by atoms with Gasteiger partial charge in [0, 0.05) is 16.7 Å². The molecule has 1 N–H and O–H groups in total. The monoisotopic (exact) mass is 607 g/mol. The van der Waals surface area contributed by atoms with Gasteiger partial charge in [-0.15, -0.1) is 0 Å². The molecule has 0 saturated heterocycles. The van der Waals surface area contributed by atoms with Crippen LogP contribution in [0.3, 0.4) is 0 Å². The number of benzene rings is 4. The minimum absolute atomic E-state index is 0. The van der Waals surface area contributed by atoms with Crippen LogP contribution in [0.2, 0.25) is 0 Å². The topological polar surface area (TPSA) is 103 Å². The van der Waals surface area contributed by atoms with Gasteiger partial charge in [0.1, 0.15) is 31.3 Å². The van der Waals surface area contributed by atoms with Crippen LogP contribution in [0.25, 0.3) is 21.8 Å². The van der Waals surface area contributed by atoms with Gasteiger partial charge in [0.05, 0.1) is 22.4 Å². The molecule has 0 spiro atoms. The fourth-order valence-corrected chi connectivity index (χ4v) is 4.87. The van der Waals surface area contributed by atoms with Gasteiger partial charge in [-0.25, -0.2) is 14.8 Å². The van der Waals surface area contributed by atoms with Gasteiger partial charge >= 0.3 is 35.5 Å². The summed E-state index contributed by atoms with van der Waals surface area (Å²) in [6.07, 6.45) is 0.729. The second kappa shape index (κ2) is 15.3. The van der Waals surface area contributed by atoms with E-state index in [9.17, 15) is 4.79 Å². The van der Waals surface area contributed by atoms with Gasteiger partial charge in [0.2, 0.25) is 0 Å². The summed E-state index contributed by atoms with van der Waals surface area (Å²) in [6.45, 7) is 0.833. The molecule has 0 aliphatic rings. The molecule has 0 saturated carbocycles. The molecule has 0 aliphatic heterocycles. The number of oxime groups is 1. The second-order valence-corrected chi connectivity index (χ2v) is 10.1. The summed E-state index contributed by atoms with van der Waals surface area (Å²) < 4.78 is 12.0. The van der Waals surface area contributed by atoms with Crippen molar-refractivity contribution in [3.05, 3.63) is 144 Å². The van der Waals surface area contributed by atoms with E-state index in [-0.39, 0.29) is 43.5 Å². The van der Waals surface area contributed by atoms with Gasteiger partial charge in [-0.1, -0.05) is 78.0 Å². The molecule has 6 aromatic rings. The van der Waals surface area contributed by atoms with Crippen LogP contribution in [0.5, 0.6) is 11.5 Å². The number of para-hydroxylation sites is 2. The zero-order valence-electron chi connectivity index (χ0n) is 25.7. The second-order valence-electron chi connectivity index (χ2n) is 10.1. The summed E-state index contributed by atoms with van der Waals surface area (Å²) in [5.74, 6) is 0.0244. The quantitative estimate of drug-likeness (QED) is 0.126. The van der Waals surface area contributed by atoms with Crippen molar-refractivity contribution in [1.82, 2.24) is 9.97 Å². The molecule has 0 fully saturated rings. The molecule has 220 valence electrons. The SMILES string of the molecule is O=C(O)C=NOCC(c1ccc(OCc2ccc3ccccc3n2)cc1)c1ccc(OCc2ccc3ccccc3n2)cc1.[H-].[Na+]. The minimum atomic E-state index is -1.17. The average molecular weight is 608 g/mol. The summed E-state index contributed by atoms with van der Waals surface area (Å²) in [4.78, 5) is 25.6. The molecule has 4 aromatic carbocycles. The van der Waals surface area contributed by atoms with Crippen LogP contribution in [0.4, 0.5) is 0 Å². The molecule has 2 aromatic heterocycles. The van der Waals surface area contributed by atoms with Crippen molar-refractivity contribution in [2.75, 3.05) is 6.61 Å². The van der Waals surface area contributed by atoms with Crippen LogP contribution in [0.15, 0.2) is 126 Å². The van der Waals surface area contributed by atoms with E-state index in [1.807, 2.05) is 121 Å². The Kier molecular flexibility index (Phi) is 10.8. The standard InChI is InChI=1S/C36H29N3O5.Na.H/c40-36(41)21-37-44-24-33(25-11-17-31(18-12-25)42-22-29-15-9-27-5-1-3-7-34(27)38-29)26-13-19-32(20-14-26)43-23-30-16-10-28-6-2-4-8-35(28)39-30;;/h1-21,33H,22-24H2,(H,40,41);;/q;+1;-1. The maximum atomic E-state index is 10.8. The normalized spacial score (nSPS) is 11.0. The van der Waals surface area contributed by atoms with Crippen molar-refractivity contribution >= 4 is 34.0 Å². The third-order valence-corrected chi connectivity index (χ3v) is 7.13. The van der Waals surface area contributed by atoms with Crippen LogP contribution in [-0.4, -0.2) is 33.9 Å². The van der Waals surface area contributed by atoms with E-state index in [0.29, 0.717) is 24.7 Å². The molecule has 0 radical (unpaired) electrons. The van der Waals surface area contributed by atoms with Gasteiger partial charge in [0.25, 0.3) is 0 Å². The predicted molar refractivity (Wildman–Crippen MR) is 170 cm³/mol.